The number of halogens is 1. The summed E-state index contributed by atoms with van der Waals surface area (Å²) in [5.41, 5.74) is 1.40. The first kappa shape index (κ1) is 16.1. The molecule has 1 fully saturated rings. The van der Waals surface area contributed by atoms with Crippen LogP contribution in [0.25, 0.3) is 0 Å². The Hall–Kier alpha value is -1.26. The van der Waals surface area contributed by atoms with Crippen LogP contribution in [0.5, 0.6) is 0 Å². The van der Waals surface area contributed by atoms with Crippen LogP contribution in [0.3, 0.4) is 0 Å². The van der Waals surface area contributed by atoms with Gasteiger partial charge < -0.3 is 15.4 Å². The highest BCUT2D eigenvalue weighted by Crippen LogP contribution is 2.21. The number of nitrogens with one attached hydrogen (secondary N) is 2. The maximum Gasteiger partial charge on any atom is 0.253 e. The molecule has 2 N–H and O–H groups in total. The second-order valence-electron chi connectivity index (χ2n) is 5.25. The molecule has 1 heterocycles. The highest BCUT2D eigenvalue weighted by atomic mass is 35.5. The monoisotopic (exact) mass is 310 g/mol. The fraction of sp³-hybridized carbons (Fsp3) is 0.562. The highest BCUT2D eigenvalue weighted by molar-refractivity contribution is 6.31. The van der Waals surface area contributed by atoms with E-state index in [4.69, 9.17) is 16.3 Å². The van der Waals surface area contributed by atoms with E-state index < -0.39 is 0 Å². The number of carbonyl (C=O) groups is 1. The largest absolute Gasteiger partial charge is 0.385 e. The number of rotatable bonds is 6. The molecular weight excluding hydrogens is 288 g/mol. The highest BCUT2D eigenvalue weighted by Gasteiger charge is 2.15. The molecule has 0 spiro atoms. The molecule has 0 aliphatic carbocycles. The molecule has 0 aromatic heterocycles. The predicted octanol–water partition coefficient (Wildman–Crippen LogP) is 3.46. The Balaban J connectivity index is 1.88. The van der Waals surface area contributed by atoms with Crippen LogP contribution in [-0.4, -0.2) is 31.7 Å². The van der Waals surface area contributed by atoms with Crippen molar-refractivity contribution in [3.05, 3.63) is 28.8 Å². The van der Waals surface area contributed by atoms with Gasteiger partial charge in [0, 0.05) is 30.4 Å². The van der Waals surface area contributed by atoms with Crippen LogP contribution in [-0.2, 0) is 4.74 Å². The molecule has 116 valence electrons. The minimum Gasteiger partial charge on any atom is -0.385 e. The Morgan fingerprint density at radius 2 is 2.29 bits per heavy atom. The SMILES string of the molecule is CCNc1ccc(Cl)cc1C(=O)NCCC1CCCCO1. The summed E-state index contributed by atoms with van der Waals surface area (Å²) in [6, 6.07) is 5.32. The van der Waals surface area contributed by atoms with Crippen LogP contribution in [0.2, 0.25) is 5.02 Å². The molecule has 2 rings (SSSR count). The number of benzene rings is 1. The summed E-state index contributed by atoms with van der Waals surface area (Å²) in [6.45, 7) is 4.23. The summed E-state index contributed by atoms with van der Waals surface area (Å²) in [5.74, 6) is -0.0933. The van der Waals surface area contributed by atoms with Crippen molar-refractivity contribution in [2.45, 2.75) is 38.7 Å². The van der Waals surface area contributed by atoms with Gasteiger partial charge in [-0.3, -0.25) is 4.79 Å². The van der Waals surface area contributed by atoms with E-state index in [9.17, 15) is 4.79 Å². The second-order valence-corrected chi connectivity index (χ2v) is 5.69. The van der Waals surface area contributed by atoms with Gasteiger partial charge in [0.1, 0.15) is 0 Å². The summed E-state index contributed by atoms with van der Waals surface area (Å²) in [5, 5.41) is 6.70. The number of carbonyl (C=O) groups excluding carboxylic acids is 1. The van der Waals surface area contributed by atoms with Gasteiger partial charge in [-0.25, -0.2) is 0 Å². The van der Waals surface area contributed by atoms with E-state index in [1.54, 1.807) is 12.1 Å². The normalized spacial score (nSPS) is 18.3. The molecular formula is C16H23ClN2O2. The van der Waals surface area contributed by atoms with Crippen LogP contribution >= 0.6 is 11.6 Å². The Morgan fingerprint density at radius 3 is 3.00 bits per heavy atom. The zero-order chi connectivity index (χ0) is 15.1. The van der Waals surface area contributed by atoms with Crippen molar-refractivity contribution in [3.8, 4) is 0 Å². The van der Waals surface area contributed by atoms with E-state index in [1.165, 1.54) is 6.42 Å². The van der Waals surface area contributed by atoms with Crippen molar-refractivity contribution >= 4 is 23.2 Å². The molecule has 1 aromatic rings. The van der Waals surface area contributed by atoms with Crippen molar-refractivity contribution in [1.82, 2.24) is 5.32 Å². The Labute approximate surface area is 131 Å². The van der Waals surface area contributed by atoms with Crippen LogP contribution in [0.4, 0.5) is 5.69 Å². The van der Waals surface area contributed by atoms with Crippen LogP contribution in [0.15, 0.2) is 18.2 Å². The Bertz CT molecular complexity index is 473. The van der Waals surface area contributed by atoms with Gasteiger partial charge in [-0.05, 0) is 50.8 Å². The topological polar surface area (TPSA) is 50.4 Å². The van der Waals surface area contributed by atoms with Crippen molar-refractivity contribution in [1.29, 1.82) is 0 Å². The lowest BCUT2D eigenvalue weighted by atomic mass is 10.1. The zero-order valence-electron chi connectivity index (χ0n) is 12.5. The summed E-state index contributed by atoms with van der Waals surface area (Å²) in [7, 11) is 0. The average molecular weight is 311 g/mol. The van der Waals surface area contributed by atoms with Crippen molar-refractivity contribution < 1.29 is 9.53 Å². The van der Waals surface area contributed by atoms with Gasteiger partial charge >= 0.3 is 0 Å². The molecule has 0 saturated carbocycles. The van der Waals surface area contributed by atoms with Crippen LogP contribution < -0.4 is 10.6 Å². The summed E-state index contributed by atoms with van der Waals surface area (Å²) < 4.78 is 5.66. The third kappa shape index (κ3) is 4.90. The molecule has 5 heteroatoms. The molecule has 0 bridgehead atoms. The molecule has 1 aliphatic heterocycles. The lowest BCUT2D eigenvalue weighted by Crippen LogP contribution is -2.30. The van der Waals surface area contributed by atoms with Gasteiger partial charge in [0.25, 0.3) is 5.91 Å². The maximum absolute atomic E-state index is 12.3. The number of ether oxygens (including phenoxy) is 1. The summed E-state index contributed by atoms with van der Waals surface area (Å²) >= 11 is 5.99. The van der Waals surface area contributed by atoms with E-state index >= 15 is 0 Å². The smallest absolute Gasteiger partial charge is 0.253 e. The molecule has 1 atom stereocenters. The predicted molar refractivity (Wildman–Crippen MR) is 86.2 cm³/mol. The van der Waals surface area contributed by atoms with E-state index in [2.05, 4.69) is 10.6 Å². The van der Waals surface area contributed by atoms with Gasteiger partial charge in [0.05, 0.1) is 11.7 Å². The maximum atomic E-state index is 12.3. The van der Waals surface area contributed by atoms with Gasteiger partial charge in [-0.15, -0.1) is 0 Å². The van der Waals surface area contributed by atoms with E-state index in [0.717, 1.165) is 38.1 Å². The number of hydrogen-bond donors (Lipinski definition) is 2. The number of amides is 1. The fourth-order valence-corrected chi connectivity index (χ4v) is 2.70. The van der Waals surface area contributed by atoms with Crippen molar-refractivity contribution in [2.24, 2.45) is 0 Å². The quantitative estimate of drug-likeness (QED) is 0.846. The van der Waals surface area contributed by atoms with Crippen LogP contribution in [0.1, 0.15) is 43.0 Å². The molecule has 1 saturated heterocycles. The summed E-state index contributed by atoms with van der Waals surface area (Å²) in [6.07, 6.45) is 4.61. The Kier molecular flexibility index (Phi) is 6.33. The third-order valence-corrected chi connectivity index (χ3v) is 3.85. The molecule has 1 unspecified atom stereocenters. The van der Waals surface area contributed by atoms with Crippen molar-refractivity contribution in [2.75, 3.05) is 25.0 Å². The molecule has 1 amide bonds. The Morgan fingerprint density at radius 1 is 1.43 bits per heavy atom. The number of hydrogen-bond acceptors (Lipinski definition) is 3. The van der Waals surface area contributed by atoms with Crippen molar-refractivity contribution in [3.63, 3.8) is 0 Å². The first-order valence-electron chi connectivity index (χ1n) is 7.64. The first-order chi connectivity index (χ1) is 10.2. The van der Waals surface area contributed by atoms with Gasteiger partial charge in [0.15, 0.2) is 0 Å². The first-order valence-corrected chi connectivity index (χ1v) is 8.01. The van der Waals surface area contributed by atoms with Crippen LogP contribution in [0, 0.1) is 0 Å². The lowest BCUT2D eigenvalue weighted by Gasteiger charge is -2.22. The fourth-order valence-electron chi connectivity index (χ4n) is 2.53. The van der Waals surface area contributed by atoms with E-state index in [1.807, 2.05) is 13.0 Å². The van der Waals surface area contributed by atoms with E-state index in [-0.39, 0.29) is 12.0 Å². The third-order valence-electron chi connectivity index (χ3n) is 3.62. The minimum absolute atomic E-state index is 0.0933. The number of anilines is 1. The zero-order valence-corrected chi connectivity index (χ0v) is 13.2. The molecule has 4 nitrogen and oxygen atoms in total. The summed E-state index contributed by atoms with van der Waals surface area (Å²) in [4.78, 5) is 12.3. The molecule has 1 aliphatic rings. The molecule has 1 aromatic carbocycles. The van der Waals surface area contributed by atoms with Gasteiger partial charge in [-0.1, -0.05) is 11.6 Å². The molecule has 21 heavy (non-hydrogen) atoms. The standard InChI is InChI=1S/C16H23ClN2O2/c1-2-18-15-7-6-12(17)11-14(15)16(20)19-9-8-13-5-3-4-10-21-13/h6-7,11,13,18H,2-5,8-10H2,1H3,(H,19,20). The second kappa shape index (κ2) is 8.25. The molecule has 0 radical (unpaired) electrons. The lowest BCUT2D eigenvalue weighted by molar-refractivity contribution is 0.0117. The van der Waals surface area contributed by atoms with Gasteiger partial charge in [0.2, 0.25) is 0 Å². The van der Waals surface area contributed by atoms with Gasteiger partial charge in [-0.2, -0.15) is 0 Å². The van der Waals surface area contributed by atoms with E-state index in [0.29, 0.717) is 17.1 Å². The minimum atomic E-state index is -0.0933. The average Bonchev–Trinajstić information content (AvgIpc) is 2.50.